The van der Waals surface area contributed by atoms with E-state index in [9.17, 15) is 4.79 Å². The standard InChI is InChI=1S/C21H23N5O3/c1-14-19(26-9-3-7-22-21(26)23-14)20(27)25-8-2-4-16(13-25)24-15-5-6-17-18(12-15)29-11-10-28-17/h3,5-7,9,12,16,24H,2,4,8,10-11,13H2,1H3/t16-/m1/s1. The average Bonchev–Trinajstić information content (AvgIpc) is 3.09. The van der Waals surface area contributed by atoms with Crippen molar-refractivity contribution in [3.05, 3.63) is 48.0 Å². The molecule has 1 aromatic carbocycles. The Balaban J connectivity index is 1.33. The number of aryl methyl sites for hydroxylation is 1. The third kappa shape index (κ3) is 3.35. The van der Waals surface area contributed by atoms with Gasteiger partial charge in [-0.25, -0.2) is 9.97 Å². The smallest absolute Gasteiger partial charge is 0.272 e. The van der Waals surface area contributed by atoms with Crippen molar-refractivity contribution in [2.45, 2.75) is 25.8 Å². The molecule has 2 aromatic heterocycles. The maximum Gasteiger partial charge on any atom is 0.272 e. The minimum atomic E-state index is -0.00308. The van der Waals surface area contributed by atoms with Crippen LogP contribution in [-0.2, 0) is 0 Å². The van der Waals surface area contributed by atoms with Crippen LogP contribution in [0.3, 0.4) is 0 Å². The lowest BCUT2D eigenvalue weighted by molar-refractivity contribution is 0.0707. The Morgan fingerprint density at radius 1 is 1.24 bits per heavy atom. The van der Waals surface area contributed by atoms with Crippen LogP contribution in [0, 0.1) is 6.92 Å². The minimum Gasteiger partial charge on any atom is -0.486 e. The number of hydrogen-bond donors (Lipinski definition) is 1. The molecule has 2 aliphatic rings. The summed E-state index contributed by atoms with van der Waals surface area (Å²) in [6.07, 6.45) is 5.47. The fraction of sp³-hybridized carbons (Fsp3) is 0.381. The van der Waals surface area contributed by atoms with Crippen molar-refractivity contribution in [3.8, 4) is 11.5 Å². The van der Waals surface area contributed by atoms with Gasteiger partial charge in [-0.15, -0.1) is 0 Å². The van der Waals surface area contributed by atoms with Crippen LogP contribution in [0.5, 0.6) is 11.5 Å². The Kier molecular flexibility index (Phi) is 4.46. The monoisotopic (exact) mass is 393 g/mol. The van der Waals surface area contributed by atoms with Crippen molar-refractivity contribution in [2.24, 2.45) is 0 Å². The van der Waals surface area contributed by atoms with Crippen LogP contribution in [0.15, 0.2) is 36.7 Å². The quantitative estimate of drug-likeness (QED) is 0.737. The lowest BCUT2D eigenvalue weighted by atomic mass is 10.0. The summed E-state index contributed by atoms with van der Waals surface area (Å²) < 4.78 is 13.0. The van der Waals surface area contributed by atoms with Gasteiger partial charge in [0.25, 0.3) is 5.91 Å². The lowest BCUT2D eigenvalue weighted by Crippen LogP contribution is -2.45. The molecule has 0 bridgehead atoms. The number of carbonyl (C=O) groups is 1. The molecule has 0 unspecified atom stereocenters. The molecule has 1 N–H and O–H groups in total. The van der Waals surface area contributed by atoms with Crippen LogP contribution in [0.2, 0.25) is 0 Å². The first kappa shape index (κ1) is 17.8. The molecule has 0 radical (unpaired) electrons. The van der Waals surface area contributed by atoms with Crippen LogP contribution in [0.1, 0.15) is 29.0 Å². The summed E-state index contributed by atoms with van der Waals surface area (Å²) in [6.45, 7) is 4.38. The number of benzene rings is 1. The molecule has 0 spiro atoms. The number of likely N-dealkylation sites (tertiary alicyclic amines) is 1. The summed E-state index contributed by atoms with van der Waals surface area (Å²) in [5, 5.41) is 3.55. The molecular formula is C21H23N5O3. The molecule has 1 amide bonds. The van der Waals surface area contributed by atoms with Crippen LogP contribution in [-0.4, -0.2) is 57.5 Å². The van der Waals surface area contributed by atoms with E-state index in [1.165, 1.54) is 0 Å². The molecule has 4 heterocycles. The number of hydrogen-bond acceptors (Lipinski definition) is 6. The van der Waals surface area contributed by atoms with Crippen molar-refractivity contribution in [1.29, 1.82) is 0 Å². The number of amides is 1. The van der Waals surface area contributed by atoms with Gasteiger partial charge in [0, 0.05) is 43.3 Å². The molecule has 1 atom stereocenters. The van der Waals surface area contributed by atoms with Gasteiger partial charge in [-0.05, 0) is 38.0 Å². The summed E-state index contributed by atoms with van der Waals surface area (Å²) in [7, 11) is 0. The number of carbonyl (C=O) groups excluding carboxylic acids is 1. The van der Waals surface area contributed by atoms with Gasteiger partial charge >= 0.3 is 0 Å². The van der Waals surface area contributed by atoms with Gasteiger partial charge in [0.1, 0.15) is 18.9 Å². The Morgan fingerprint density at radius 2 is 2.10 bits per heavy atom. The molecule has 8 heteroatoms. The van der Waals surface area contributed by atoms with Crippen LogP contribution < -0.4 is 14.8 Å². The van der Waals surface area contributed by atoms with Crippen LogP contribution in [0.4, 0.5) is 5.69 Å². The molecule has 150 valence electrons. The second kappa shape index (κ2) is 7.27. The highest BCUT2D eigenvalue weighted by molar-refractivity contribution is 5.94. The molecule has 8 nitrogen and oxygen atoms in total. The topological polar surface area (TPSA) is 81.0 Å². The SMILES string of the molecule is Cc1nc2ncccn2c1C(=O)N1CCC[C@@H](Nc2ccc3c(c2)OCCO3)C1. The number of imidazole rings is 1. The molecule has 1 saturated heterocycles. The first-order valence-corrected chi connectivity index (χ1v) is 9.94. The predicted molar refractivity (Wildman–Crippen MR) is 108 cm³/mol. The second-order valence-electron chi connectivity index (χ2n) is 7.43. The number of fused-ring (bicyclic) bond motifs is 2. The Bertz CT molecular complexity index is 1060. The number of piperidine rings is 1. The number of aromatic nitrogens is 3. The van der Waals surface area contributed by atoms with Crippen molar-refractivity contribution < 1.29 is 14.3 Å². The Labute approximate surface area is 168 Å². The zero-order chi connectivity index (χ0) is 19.8. The Hall–Kier alpha value is -3.29. The van der Waals surface area contributed by atoms with E-state index in [2.05, 4.69) is 15.3 Å². The van der Waals surface area contributed by atoms with Gasteiger partial charge in [-0.1, -0.05) is 0 Å². The third-order valence-electron chi connectivity index (χ3n) is 5.40. The highest BCUT2D eigenvalue weighted by Gasteiger charge is 2.28. The molecule has 0 aliphatic carbocycles. The predicted octanol–water partition coefficient (Wildman–Crippen LogP) is 2.53. The second-order valence-corrected chi connectivity index (χ2v) is 7.43. The van der Waals surface area contributed by atoms with Crippen LogP contribution >= 0.6 is 0 Å². The summed E-state index contributed by atoms with van der Waals surface area (Å²) >= 11 is 0. The normalized spacial score (nSPS) is 18.7. The van der Waals surface area contributed by atoms with Crippen molar-refractivity contribution >= 4 is 17.4 Å². The van der Waals surface area contributed by atoms with E-state index in [0.29, 0.717) is 36.9 Å². The minimum absolute atomic E-state index is 0.00308. The average molecular weight is 393 g/mol. The molecular weight excluding hydrogens is 370 g/mol. The fourth-order valence-corrected chi connectivity index (χ4v) is 4.05. The number of ether oxygens (including phenoxy) is 2. The van der Waals surface area contributed by atoms with Gasteiger partial charge < -0.3 is 19.7 Å². The molecule has 2 aliphatic heterocycles. The largest absolute Gasteiger partial charge is 0.486 e. The van der Waals surface area contributed by atoms with E-state index < -0.39 is 0 Å². The number of rotatable bonds is 3. The van der Waals surface area contributed by atoms with E-state index in [0.717, 1.165) is 36.6 Å². The third-order valence-corrected chi connectivity index (χ3v) is 5.40. The van der Waals surface area contributed by atoms with E-state index in [1.54, 1.807) is 10.6 Å². The van der Waals surface area contributed by atoms with E-state index in [-0.39, 0.29) is 11.9 Å². The Morgan fingerprint density at radius 3 is 3.00 bits per heavy atom. The van der Waals surface area contributed by atoms with Gasteiger partial charge in [0.05, 0.1) is 5.69 Å². The summed E-state index contributed by atoms with van der Waals surface area (Å²) in [5.74, 6) is 2.09. The molecule has 0 saturated carbocycles. The van der Waals surface area contributed by atoms with Crippen molar-refractivity contribution in [1.82, 2.24) is 19.3 Å². The van der Waals surface area contributed by atoms with E-state index in [1.807, 2.05) is 42.3 Å². The summed E-state index contributed by atoms with van der Waals surface area (Å²) in [6, 6.07) is 7.88. The fourth-order valence-electron chi connectivity index (χ4n) is 4.05. The van der Waals surface area contributed by atoms with Crippen molar-refractivity contribution in [3.63, 3.8) is 0 Å². The highest BCUT2D eigenvalue weighted by Crippen LogP contribution is 2.33. The van der Waals surface area contributed by atoms with Gasteiger partial charge in [-0.3, -0.25) is 9.20 Å². The first-order valence-electron chi connectivity index (χ1n) is 9.94. The maximum atomic E-state index is 13.3. The van der Waals surface area contributed by atoms with Crippen molar-refractivity contribution in [2.75, 3.05) is 31.6 Å². The molecule has 3 aromatic rings. The number of anilines is 1. The van der Waals surface area contributed by atoms with Gasteiger partial charge in [0.2, 0.25) is 5.78 Å². The molecule has 29 heavy (non-hydrogen) atoms. The van der Waals surface area contributed by atoms with Crippen LogP contribution in [0.25, 0.3) is 5.78 Å². The first-order chi connectivity index (χ1) is 14.2. The maximum absolute atomic E-state index is 13.3. The number of nitrogens with one attached hydrogen (secondary N) is 1. The van der Waals surface area contributed by atoms with E-state index in [4.69, 9.17) is 9.47 Å². The van der Waals surface area contributed by atoms with Gasteiger partial charge in [-0.2, -0.15) is 0 Å². The zero-order valence-electron chi connectivity index (χ0n) is 16.3. The highest BCUT2D eigenvalue weighted by atomic mass is 16.6. The lowest BCUT2D eigenvalue weighted by Gasteiger charge is -2.34. The summed E-state index contributed by atoms with van der Waals surface area (Å²) in [5.41, 5.74) is 2.27. The molecule has 1 fully saturated rings. The van der Waals surface area contributed by atoms with Gasteiger partial charge in [0.15, 0.2) is 11.5 Å². The van der Waals surface area contributed by atoms with E-state index >= 15 is 0 Å². The number of nitrogens with zero attached hydrogens (tertiary/aromatic N) is 4. The molecule has 5 rings (SSSR count). The zero-order valence-corrected chi connectivity index (χ0v) is 16.3. The summed E-state index contributed by atoms with van der Waals surface area (Å²) in [4.78, 5) is 23.8.